The van der Waals surface area contributed by atoms with Gasteiger partial charge in [-0.05, 0) is 13.3 Å². The Morgan fingerprint density at radius 3 is 2.80 bits per heavy atom. The molecule has 0 aromatic carbocycles. The van der Waals surface area contributed by atoms with Gasteiger partial charge in [-0.15, -0.1) is 6.58 Å². The Labute approximate surface area is 118 Å². The van der Waals surface area contributed by atoms with E-state index in [2.05, 4.69) is 16.8 Å². The summed E-state index contributed by atoms with van der Waals surface area (Å²) >= 11 is 0. The van der Waals surface area contributed by atoms with Gasteiger partial charge in [0.05, 0.1) is 12.8 Å². The fraction of sp³-hybridized carbons (Fsp3) is 0.500. The molecule has 1 heterocycles. The Balaban J connectivity index is 3.17. The average molecular weight is 301 g/mol. The predicted molar refractivity (Wildman–Crippen MR) is 73.8 cm³/mol. The highest BCUT2D eigenvalue weighted by molar-refractivity contribution is 7.89. The highest BCUT2D eigenvalue weighted by Crippen LogP contribution is 2.18. The lowest BCUT2D eigenvalue weighted by atomic mass is 10.4. The smallest absolute Gasteiger partial charge is 0.342 e. The maximum atomic E-state index is 12.5. The molecule has 0 aliphatic carbocycles. The van der Waals surface area contributed by atoms with Gasteiger partial charge in [0.15, 0.2) is 5.03 Å². The summed E-state index contributed by atoms with van der Waals surface area (Å²) in [5.41, 5.74) is -0.0861. The molecule has 1 aromatic heterocycles. The van der Waals surface area contributed by atoms with Crippen LogP contribution in [0.3, 0.4) is 0 Å². The van der Waals surface area contributed by atoms with Crippen LogP contribution in [0.4, 0.5) is 0 Å². The normalized spacial score (nSPS) is 11.6. The molecule has 8 heteroatoms. The van der Waals surface area contributed by atoms with E-state index in [1.165, 1.54) is 10.4 Å². The summed E-state index contributed by atoms with van der Waals surface area (Å²) in [6, 6.07) is 0. The van der Waals surface area contributed by atoms with Crippen molar-refractivity contribution in [1.82, 2.24) is 14.5 Å². The molecule has 7 nitrogen and oxygen atoms in total. The first-order chi connectivity index (χ1) is 9.48. The third-order valence-corrected chi connectivity index (χ3v) is 4.34. The molecule has 112 valence electrons. The molecule has 0 aliphatic rings. The highest BCUT2D eigenvalue weighted by Gasteiger charge is 2.30. The SMILES string of the molecule is C=CCN(CCC)S(=O)(=O)c1[nH]ncc1C(=O)OCC. The zero-order chi connectivity index (χ0) is 15.2. The van der Waals surface area contributed by atoms with Gasteiger partial charge in [-0.3, -0.25) is 5.10 Å². The summed E-state index contributed by atoms with van der Waals surface area (Å²) in [5, 5.41) is 5.76. The number of ether oxygens (including phenoxy) is 1. The minimum Gasteiger partial charge on any atom is -0.462 e. The molecule has 1 N–H and O–H groups in total. The predicted octanol–water partition coefficient (Wildman–Crippen LogP) is 1.17. The van der Waals surface area contributed by atoms with E-state index in [0.717, 1.165) is 6.20 Å². The lowest BCUT2D eigenvalue weighted by molar-refractivity contribution is 0.0521. The molecule has 0 amide bonds. The van der Waals surface area contributed by atoms with Gasteiger partial charge in [-0.2, -0.15) is 9.40 Å². The largest absolute Gasteiger partial charge is 0.462 e. The van der Waals surface area contributed by atoms with Crippen molar-refractivity contribution >= 4 is 16.0 Å². The summed E-state index contributed by atoms with van der Waals surface area (Å²) in [6.07, 6.45) is 3.30. The first-order valence-corrected chi connectivity index (χ1v) is 7.74. The molecule has 0 unspecified atom stereocenters. The van der Waals surface area contributed by atoms with Crippen molar-refractivity contribution in [3.8, 4) is 0 Å². The zero-order valence-electron chi connectivity index (χ0n) is 11.6. The van der Waals surface area contributed by atoms with E-state index in [-0.39, 0.29) is 23.7 Å². The van der Waals surface area contributed by atoms with Crippen molar-refractivity contribution < 1.29 is 17.9 Å². The minimum atomic E-state index is -3.83. The van der Waals surface area contributed by atoms with E-state index < -0.39 is 16.0 Å². The quantitative estimate of drug-likeness (QED) is 0.575. The summed E-state index contributed by atoms with van der Waals surface area (Å²) < 4.78 is 31.1. The Morgan fingerprint density at radius 2 is 2.25 bits per heavy atom. The molecule has 0 spiro atoms. The van der Waals surface area contributed by atoms with Crippen LogP contribution in [-0.4, -0.2) is 48.6 Å². The van der Waals surface area contributed by atoms with Gasteiger partial charge in [0.25, 0.3) is 10.0 Å². The van der Waals surface area contributed by atoms with Gasteiger partial charge in [-0.1, -0.05) is 13.0 Å². The molecule has 1 aromatic rings. The number of carbonyl (C=O) groups is 1. The van der Waals surface area contributed by atoms with Crippen molar-refractivity contribution in [2.24, 2.45) is 0 Å². The number of sulfonamides is 1. The van der Waals surface area contributed by atoms with Crippen LogP contribution >= 0.6 is 0 Å². The second-order valence-electron chi connectivity index (χ2n) is 3.98. The number of carbonyl (C=O) groups excluding carboxylic acids is 1. The highest BCUT2D eigenvalue weighted by atomic mass is 32.2. The maximum absolute atomic E-state index is 12.5. The Hall–Kier alpha value is -1.67. The molecular formula is C12H19N3O4S. The van der Waals surface area contributed by atoms with Crippen LogP contribution in [0.25, 0.3) is 0 Å². The number of rotatable bonds is 8. The van der Waals surface area contributed by atoms with Crippen molar-refractivity contribution in [2.75, 3.05) is 19.7 Å². The molecule has 0 fully saturated rings. The Morgan fingerprint density at radius 1 is 1.55 bits per heavy atom. The van der Waals surface area contributed by atoms with Crippen LogP contribution in [-0.2, 0) is 14.8 Å². The van der Waals surface area contributed by atoms with Crippen LogP contribution in [0.5, 0.6) is 0 Å². The first-order valence-electron chi connectivity index (χ1n) is 6.30. The lowest BCUT2D eigenvalue weighted by Crippen LogP contribution is -2.33. The number of hydrogen-bond acceptors (Lipinski definition) is 5. The fourth-order valence-electron chi connectivity index (χ4n) is 1.66. The number of esters is 1. The van der Waals surface area contributed by atoms with Crippen molar-refractivity contribution in [1.29, 1.82) is 0 Å². The molecule has 0 saturated heterocycles. The fourth-order valence-corrected chi connectivity index (χ4v) is 3.22. The van der Waals surface area contributed by atoms with E-state index in [4.69, 9.17) is 4.74 Å². The molecule has 0 saturated carbocycles. The Bertz CT molecular complexity index is 565. The van der Waals surface area contributed by atoms with Gasteiger partial charge < -0.3 is 4.74 Å². The van der Waals surface area contributed by atoms with E-state index >= 15 is 0 Å². The van der Waals surface area contributed by atoms with Crippen molar-refractivity contribution in [2.45, 2.75) is 25.3 Å². The molecular weight excluding hydrogens is 282 g/mol. The van der Waals surface area contributed by atoms with E-state index in [0.29, 0.717) is 13.0 Å². The van der Waals surface area contributed by atoms with Gasteiger partial charge in [0, 0.05) is 13.1 Å². The molecule has 0 atom stereocenters. The number of aromatic amines is 1. The second kappa shape index (κ2) is 7.20. The number of H-pyrrole nitrogens is 1. The van der Waals surface area contributed by atoms with E-state index in [1.807, 2.05) is 6.92 Å². The number of hydrogen-bond donors (Lipinski definition) is 1. The Kier molecular flexibility index (Phi) is 5.90. The molecule has 0 radical (unpaired) electrons. The van der Waals surface area contributed by atoms with Crippen LogP contribution in [0.15, 0.2) is 23.9 Å². The van der Waals surface area contributed by atoms with Crippen molar-refractivity contribution in [3.63, 3.8) is 0 Å². The lowest BCUT2D eigenvalue weighted by Gasteiger charge is -2.19. The number of nitrogens with one attached hydrogen (secondary N) is 1. The summed E-state index contributed by atoms with van der Waals surface area (Å²) in [7, 11) is -3.83. The molecule has 20 heavy (non-hydrogen) atoms. The van der Waals surface area contributed by atoms with Gasteiger partial charge in [0.2, 0.25) is 0 Å². The van der Waals surface area contributed by atoms with Gasteiger partial charge in [0.1, 0.15) is 5.56 Å². The van der Waals surface area contributed by atoms with Gasteiger partial charge in [-0.25, -0.2) is 13.2 Å². The van der Waals surface area contributed by atoms with E-state index in [1.54, 1.807) is 6.92 Å². The number of aromatic nitrogens is 2. The third kappa shape index (κ3) is 3.45. The standard InChI is InChI=1S/C12H19N3O4S/c1-4-7-15(8-5-2)20(17,18)11-10(9-13-14-11)12(16)19-6-3/h4,9H,1,5-8H2,2-3H3,(H,13,14). The minimum absolute atomic E-state index is 0.0861. The van der Waals surface area contributed by atoms with Crippen LogP contribution in [0.2, 0.25) is 0 Å². The number of nitrogens with zero attached hydrogens (tertiary/aromatic N) is 2. The second-order valence-corrected chi connectivity index (χ2v) is 5.86. The topological polar surface area (TPSA) is 92.4 Å². The monoisotopic (exact) mass is 301 g/mol. The maximum Gasteiger partial charge on any atom is 0.342 e. The summed E-state index contributed by atoms with van der Waals surface area (Å²) in [5.74, 6) is -0.713. The molecule has 0 bridgehead atoms. The van der Waals surface area contributed by atoms with E-state index in [9.17, 15) is 13.2 Å². The first kappa shape index (κ1) is 16.4. The average Bonchev–Trinajstić information content (AvgIpc) is 2.88. The summed E-state index contributed by atoms with van der Waals surface area (Å²) in [6.45, 7) is 7.71. The summed E-state index contributed by atoms with van der Waals surface area (Å²) in [4.78, 5) is 11.7. The molecule has 0 aliphatic heterocycles. The van der Waals surface area contributed by atoms with Crippen LogP contribution < -0.4 is 0 Å². The van der Waals surface area contributed by atoms with Crippen LogP contribution in [0, 0.1) is 0 Å². The van der Waals surface area contributed by atoms with Gasteiger partial charge >= 0.3 is 5.97 Å². The third-order valence-electron chi connectivity index (χ3n) is 2.50. The van der Waals surface area contributed by atoms with Crippen molar-refractivity contribution in [3.05, 3.63) is 24.4 Å². The van der Waals surface area contributed by atoms with Crippen LogP contribution in [0.1, 0.15) is 30.6 Å². The molecule has 1 rings (SSSR count). The zero-order valence-corrected chi connectivity index (χ0v) is 12.4.